The van der Waals surface area contributed by atoms with Gasteiger partial charge in [-0.3, -0.25) is 4.79 Å². The number of para-hydroxylation sites is 1. The Morgan fingerprint density at radius 1 is 1.37 bits per heavy atom. The predicted molar refractivity (Wildman–Crippen MR) is 118 cm³/mol. The lowest BCUT2D eigenvalue weighted by molar-refractivity contribution is 0.0322. The Kier molecular flexibility index (Phi) is 4.50. The lowest BCUT2D eigenvalue weighted by atomic mass is 9.89. The molecule has 1 aromatic carbocycles. The van der Waals surface area contributed by atoms with E-state index in [0.29, 0.717) is 22.7 Å². The molecule has 7 heteroatoms. The van der Waals surface area contributed by atoms with Gasteiger partial charge in [0.25, 0.3) is 5.56 Å². The van der Waals surface area contributed by atoms with E-state index in [1.165, 1.54) is 4.88 Å². The van der Waals surface area contributed by atoms with Crippen molar-refractivity contribution in [3.8, 4) is 0 Å². The summed E-state index contributed by atoms with van der Waals surface area (Å²) in [4.78, 5) is 35.2. The quantitative estimate of drug-likeness (QED) is 0.494. The number of benzene rings is 1. The lowest BCUT2D eigenvalue weighted by Crippen LogP contribution is -2.18. The van der Waals surface area contributed by atoms with Gasteiger partial charge < -0.3 is 14.3 Å². The molecule has 1 aliphatic rings. The monoisotopic (exact) mass is 421 g/mol. The summed E-state index contributed by atoms with van der Waals surface area (Å²) in [6.07, 6.45) is 4.13. The number of aromatic nitrogens is 3. The molecule has 0 amide bonds. The Morgan fingerprint density at radius 3 is 3.00 bits per heavy atom. The van der Waals surface area contributed by atoms with E-state index in [4.69, 9.17) is 4.74 Å². The summed E-state index contributed by atoms with van der Waals surface area (Å²) >= 11 is 1.59. The van der Waals surface area contributed by atoms with E-state index in [1.54, 1.807) is 24.5 Å². The van der Waals surface area contributed by atoms with Gasteiger partial charge >= 0.3 is 5.97 Å². The third kappa shape index (κ3) is 3.04. The zero-order valence-electron chi connectivity index (χ0n) is 17.2. The second-order valence-corrected chi connectivity index (χ2v) is 9.29. The number of nitrogens with zero attached hydrogens (tertiary/aromatic N) is 2. The average molecular weight is 422 g/mol. The van der Waals surface area contributed by atoms with Crippen LogP contribution in [0.15, 0.2) is 35.3 Å². The number of hydrogen-bond donors (Lipinski definition) is 1. The summed E-state index contributed by atoms with van der Waals surface area (Å²) in [5.41, 5.74) is 2.47. The molecule has 3 heterocycles. The van der Waals surface area contributed by atoms with Crippen molar-refractivity contribution < 1.29 is 9.53 Å². The molecule has 0 bridgehead atoms. The molecule has 0 saturated carbocycles. The maximum atomic E-state index is 12.8. The standard InChI is InChI=1S/C23H23N3O3S/c1-12-8-9-15-18(10-12)30-22-19(15)21(27)24-20(25-22)13(2)29-23(28)16-11-26(3)17-7-5-4-6-14(16)17/h4-7,11-13H,8-10H2,1-3H3,(H,24,25,27)/t12-,13+/m0/s1. The normalized spacial score (nSPS) is 17.2. The summed E-state index contributed by atoms with van der Waals surface area (Å²) < 4.78 is 7.59. The highest BCUT2D eigenvalue weighted by Gasteiger charge is 2.25. The number of hydrogen-bond acceptors (Lipinski definition) is 5. The number of aryl methyl sites for hydroxylation is 2. The molecule has 0 spiro atoms. The van der Waals surface area contributed by atoms with E-state index in [9.17, 15) is 9.59 Å². The number of rotatable bonds is 3. The molecule has 4 aromatic rings. The molecule has 5 rings (SSSR count). The van der Waals surface area contributed by atoms with Crippen LogP contribution in [0.4, 0.5) is 0 Å². The van der Waals surface area contributed by atoms with E-state index in [1.807, 2.05) is 35.9 Å². The van der Waals surface area contributed by atoms with Crippen molar-refractivity contribution in [2.24, 2.45) is 13.0 Å². The van der Waals surface area contributed by atoms with Crippen LogP contribution < -0.4 is 5.56 Å². The summed E-state index contributed by atoms with van der Waals surface area (Å²) in [5, 5.41) is 1.55. The second kappa shape index (κ2) is 7.09. The first-order chi connectivity index (χ1) is 14.4. The second-order valence-electron chi connectivity index (χ2n) is 8.20. The highest BCUT2D eigenvalue weighted by atomic mass is 32.1. The van der Waals surface area contributed by atoms with E-state index < -0.39 is 12.1 Å². The molecule has 30 heavy (non-hydrogen) atoms. The molecule has 154 valence electrons. The van der Waals surface area contributed by atoms with Gasteiger partial charge in [-0.15, -0.1) is 11.3 Å². The van der Waals surface area contributed by atoms with E-state index >= 15 is 0 Å². The van der Waals surface area contributed by atoms with Crippen LogP contribution in [-0.4, -0.2) is 20.5 Å². The van der Waals surface area contributed by atoms with Crippen molar-refractivity contribution in [3.63, 3.8) is 0 Å². The fourth-order valence-corrected chi connectivity index (χ4v) is 5.73. The van der Waals surface area contributed by atoms with E-state index in [-0.39, 0.29) is 5.56 Å². The molecular weight excluding hydrogens is 398 g/mol. The highest BCUT2D eigenvalue weighted by Crippen LogP contribution is 2.36. The Morgan fingerprint density at radius 2 is 2.17 bits per heavy atom. The molecule has 2 atom stereocenters. The van der Waals surface area contributed by atoms with Crippen LogP contribution in [0.1, 0.15) is 53.0 Å². The zero-order chi connectivity index (χ0) is 21.0. The molecule has 1 N–H and O–H groups in total. The number of carbonyl (C=O) groups excluding carboxylic acids is 1. The number of thiophene rings is 1. The molecule has 0 radical (unpaired) electrons. The summed E-state index contributed by atoms with van der Waals surface area (Å²) in [6, 6.07) is 7.70. The molecule has 0 aliphatic heterocycles. The van der Waals surface area contributed by atoms with Crippen LogP contribution in [0, 0.1) is 5.92 Å². The van der Waals surface area contributed by atoms with E-state index in [2.05, 4.69) is 16.9 Å². The van der Waals surface area contributed by atoms with Gasteiger partial charge in [0.2, 0.25) is 0 Å². The number of ether oxygens (including phenoxy) is 1. The van der Waals surface area contributed by atoms with Gasteiger partial charge in [0.05, 0.1) is 10.9 Å². The zero-order valence-corrected chi connectivity index (χ0v) is 18.0. The Balaban J connectivity index is 1.47. The van der Waals surface area contributed by atoms with Gasteiger partial charge in [-0.05, 0) is 43.7 Å². The summed E-state index contributed by atoms with van der Waals surface area (Å²) in [7, 11) is 1.90. The smallest absolute Gasteiger partial charge is 0.341 e. The number of aromatic amines is 1. The van der Waals surface area contributed by atoms with E-state index in [0.717, 1.165) is 40.6 Å². The third-order valence-electron chi connectivity index (χ3n) is 5.97. The fourth-order valence-electron chi connectivity index (χ4n) is 4.34. The first-order valence-electron chi connectivity index (χ1n) is 10.2. The van der Waals surface area contributed by atoms with Crippen LogP contribution >= 0.6 is 11.3 Å². The Bertz CT molecular complexity index is 1350. The van der Waals surface area contributed by atoms with Gasteiger partial charge in [-0.25, -0.2) is 9.78 Å². The van der Waals surface area contributed by atoms with Gasteiger partial charge in [0.1, 0.15) is 4.83 Å². The van der Waals surface area contributed by atoms with Crippen molar-refractivity contribution >= 4 is 38.4 Å². The maximum absolute atomic E-state index is 12.8. The van der Waals surface area contributed by atoms with Crippen LogP contribution in [0.2, 0.25) is 0 Å². The number of fused-ring (bicyclic) bond motifs is 4. The molecule has 3 aromatic heterocycles. The topological polar surface area (TPSA) is 77.0 Å². The first-order valence-corrected chi connectivity index (χ1v) is 11.0. The van der Waals surface area contributed by atoms with Crippen LogP contribution in [0.25, 0.3) is 21.1 Å². The van der Waals surface area contributed by atoms with Crippen molar-refractivity contribution in [3.05, 3.63) is 62.6 Å². The minimum atomic E-state index is -0.661. The van der Waals surface area contributed by atoms with Crippen molar-refractivity contribution in [1.82, 2.24) is 14.5 Å². The average Bonchev–Trinajstić information content (AvgIpc) is 3.25. The maximum Gasteiger partial charge on any atom is 0.341 e. The van der Waals surface area contributed by atoms with Crippen LogP contribution in [0.3, 0.4) is 0 Å². The number of esters is 1. The van der Waals surface area contributed by atoms with Crippen LogP contribution in [0.5, 0.6) is 0 Å². The van der Waals surface area contributed by atoms with Crippen molar-refractivity contribution in [1.29, 1.82) is 0 Å². The lowest BCUT2D eigenvalue weighted by Gasteiger charge is -2.17. The molecular formula is C23H23N3O3S. The van der Waals surface area contributed by atoms with Crippen molar-refractivity contribution in [2.75, 3.05) is 0 Å². The summed E-state index contributed by atoms with van der Waals surface area (Å²) in [6.45, 7) is 3.98. The van der Waals surface area contributed by atoms with Crippen molar-refractivity contribution in [2.45, 2.75) is 39.2 Å². The fraction of sp³-hybridized carbons (Fsp3) is 0.348. The van der Waals surface area contributed by atoms with Gasteiger partial charge in [-0.2, -0.15) is 0 Å². The molecule has 1 aliphatic carbocycles. The Hall–Kier alpha value is -2.93. The molecule has 0 saturated heterocycles. The largest absolute Gasteiger partial charge is 0.451 e. The molecule has 0 unspecified atom stereocenters. The number of carbonyl (C=O) groups is 1. The number of nitrogens with one attached hydrogen (secondary N) is 1. The predicted octanol–water partition coefficient (Wildman–Crippen LogP) is 4.52. The highest BCUT2D eigenvalue weighted by molar-refractivity contribution is 7.18. The van der Waals surface area contributed by atoms with Gasteiger partial charge in [-0.1, -0.05) is 25.1 Å². The third-order valence-corrected chi connectivity index (χ3v) is 7.12. The van der Waals surface area contributed by atoms with Gasteiger partial charge in [0, 0.05) is 29.0 Å². The summed E-state index contributed by atoms with van der Waals surface area (Å²) in [5.74, 6) is 0.582. The van der Waals surface area contributed by atoms with Gasteiger partial charge in [0.15, 0.2) is 11.9 Å². The minimum Gasteiger partial charge on any atom is -0.451 e. The molecule has 0 fully saturated rings. The Labute approximate surface area is 177 Å². The SMILES string of the molecule is C[C@H]1CCc2c(sc3nc([C@@H](C)OC(=O)c4cn(C)c5ccccc45)[nH]c(=O)c23)C1. The van der Waals surface area contributed by atoms with Crippen LogP contribution in [-0.2, 0) is 24.6 Å². The first kappa shape index (κ1) is 19.1. The molecule has 6 nitrogen and oxygen atoms in total. The minimum absolute atomic E-state index is 0.143. The number of H-pyrrole nitrogens is 1.